The van der Waals surface area contributed by atoms with E-state index in [1.54, 1.807) is 0 Å². The lowest BCUT2D eigenvalue weighted by molar-refractivity contribution is -0.143. The number of fused-ring (bicyclic) bond motifs is 1. The van der Waals surface area contributed by atoms with Crippen LogP contribution in [0.4, 0.5) is 10.5 Å². The number of amides is 4. The number of aliphatic carboxylic acids is 1. The number of anilines is 1. The first-order valence-corrected chi connectivity index (χ1v) is 5.37. The fourth-order valence-electron chi connectivity index (χ4n) is 1.57. The van der Waals surface area contributed by atoms with Crippen molar-refractivity contribution in [3.8, 4) is 0 Å². The second kappa shape index (κ2) is 5.36. The number of imide groups is 1. The van der Waals surface area contributed by atoms with Gasteiger partial charge in [-0.05, 0) is 18.2 Å². The molecular weight excluding hydrogens is 270 g/mol. The molecule has 1 aromatic carbocycles. The van der Waals surface area contributed by atoms with Gasteiger partial charge in [-0.1, -0.05) is 0 Å². The van der Waals surface area contributed by atoms with E-state index in [0.717, 1.165) is 0 Å². The lowest BCUT2D eigenvalue weighted by atomic mass is 10.1. The maximum Gasteiger partial charge on any atom is 0.343 e. The zero-order valence-electron chi connectivity index (χ0n) is 9.93. The molecule has 0 aromatic heterocycles. The molecule has 4 amide bonds. The van der Waals surface area contributed by atoms with Gasteiger partial charge in [0.1, 0.15) is 0 Å². The van der Waals surface area contributed by atoms with Crippen molar-refractivity contribution in [1.29, 1.82) is 0 Å². The molecule has 0 saturated heterocycles. The van der Waals surface area contributed by atoms with Crippen LogP contribution in [-0.4, -0.2) is 35.5 Å². The highest BCUT2D eigenvalue weighted by Gasteiger charge is 2.26. The maximum absolute atomic E-state index is 11.4. The normalized spacial score (nSPS) is 12.6. The summed E-state index contributed by atoms with van der Waals surface area (Å²) in [6.45, 7) is -0.686. The van der Waals surface area contributed by atoms with Crippen LogP contribution >= 0.6 is 0 Å². The van der Waals surface area contributed by atoms with Gasteiger partial charge in [-0.3, -0.25) is 19.7 Å². The molecule has 0 aliphatic carbocycles. The highest BCUT2D eigenvalue weighted by atomic mass is 16.7. The zero-order valence-corrected chi connectivity index (χ0v) is 9.93. The number of carboxylic acids is 1. The first-order chi connectivity index (χ1) is 9.47. The summed E-state index contributed by atoms with van der Waals surface area (Å²) in [6, 6.07) is 3.33. The van der Waals surface area contributed by atoms with Crippen LogP contribution in [0.2, 0.25) is 0 Å². The number of carbonyl (C=O) groups excluding carboxylic acids is 3. The van der Waals surface area contributed by atoms with Gasteiger partial charge in [-0.2, -0.15) is 0 Å². The predicted molar refractivity (Wildman–Crippen MR) is 64.0 cm³/mol. The van der Waals surface area contributed by atoms with E-state index in [1.807, 2.05) is 5.48 Å². The quantitative estimate of drug-likeness (QED) is 0.442. The van der Waals surface area contributed by atoms with Gasteiger partial charge in [-0.25, -0.2) is 15.1 Å². The van der Waals surface area contributed by atoms with Crippen molar-refractivity contribution in [2.75, 3.05) is 11.9 Å². The monoisotopic (exact) mass is 279 g/mol. The molecule has 1 heterocycles. The van der Waals surface area contributed by atoms with Gasteiger partial charge >= 0.3 is 12.0 Å². The van der Waals surface area contributed by atoms with E-state index >= 15 is 0 Å². The number of nitrogens with one attached hydrogen (secondary N) is 3. The molecule has 0 spiro atoms. The van der Waals surface area contributed by atoms with Gasteiger partial charge in [0.25, 0.3) is 11.8 Å². The third kappa shape index (κ3) is 2.90. The summed E-state index contributed by atoms with van der Waals surface area (Å²) >= 11 is 0. The Balaban J connectivity index is 1.99. The number of carboxylic acid groups (broad SMARTS) is 1. The number of carbonyl (C=O) groups is 4. The van der Waals surface area contributed by atoms with Crippen LogP contribution in [0.15, 0.2) is 18.2 Å². The van der Waals surface area contributed by atoms with E-state index in [0.29, 0.717) is 0 Å². The summed E-state index contributed by atoms with van der Waals surface area (Å²) in [5, 5.41) is 12.7. The Morgan fingerprint density at radius 2 is 1.90 bits per heavy atom. The average Bonchev–Trinajstić information content (AvgIpc) is 2.64. The summed E-state index contributed by atoms with van der Waals surface area (Å²) in [4.78, 5) is 48.6. The van der Waals surface area contributed by atoms with Crippen LogP contribution < -0.4 is 16.1 Å². The van der Waals surface area contributed by atoms with Crippen LogP contribution in [0.3, 0.4) is 0 Å². The number of hydrogen-bond acceptors (Lipinski definition) is 5. The molecule has 0 unspecified atom stereocenters. The number of urea groups is 1. The largest absolute Gasteiger partial charge is 0.479 e. The highest BCUT2D eigenvalue weighted by molar-refractivity contribution is 6.21. The van der Waals surface area contributed by atoms with Gasteiger partial charge in [0.2, 0.25) is 0 Å². The molecule has 9 heteroatoms. The Kier molecular flexibility index (Phi) is 3.62. The Morgan fingerprint density at radius 1 is 1.20 bits per heavy atom. The van der Waals surface area contributed by atoms with E-state index < -0.39 is 30.4 Å². The second-order valence-corrected chi connectivity index (χ2v) is 3.78. The van der Waals surface area contributed by atoms with Crippen LogP contribution in [0.5, 0.6) is 0 Å². The molecule has 0 fully saturated rings. The van der Waals surface area contributed by atoms with Gasteiger partial charge in [0.05, 0.1) is 11.1 Å². The van der Waals surface area contributed by atoms with Crippen molar-refractivity contribution in [3.63, 3.8) is 0 Å². The van der Waals surface area contributed by atoms with Gasteiger partial charge < -0.3 is 10.4 Å². The van der Waals surface area contributed by atoms with Crippen LogP contribution in [0, 0.1) is 0 Å². The molecule has 0 saturated carbocycles. The zero-order chi connectivity index (χ0) is 14.7. The maximum atomic E-state index is 11.4. The van der Waals surface area contributed by atoms with Crippen LogP contribution in [-0.2, 0) is 9.63 Å². The molecule has 2 rings (SSSR count). The molecule has 1 aliphatic rings. The fraction of sp³-hybridized carbons (Fsp3) is 0.0909. The smallest absolute Gasteiger partial charge is 0.343 e. The van der Waals surface area contributed by atoms with Crippen molar-refractivity contribution < 1.29 is 29.1 Å². The summed E-state index contributed by atoms with van der Waals surface area (Å²) in [5.74, 6) is -2.28. The molecule has 0 atom stereocenters. The minimum atomic E-state index is -1.24. The van der Waals surface area contributed by atoms with E-state index in [1.165, 1.54) is 18.2 Å². The number of hydroxylamine groups is 1. The topological polar surface area (TPSA) is 134 Å². The number of rotatable bonds is 4. The van der Waals surface area contributed by atoms with Crippen molar-refractivity contribution in [1.82, 2.24) is 10.8 Å². The highest BCUT2D eigenvalue weighted by Crippen LogP contribution is 2.20. The van der Waals surface area contributed by atoms with Gasteiger partial charge in [-0.15, -0.1) is 0 Å². The van der Waals surface area contributed by atoms with Crippen molar-refractivity contribution in [2.45, 2.75) is 0 Å². The third-order valence-electron chi connectivity index (χ3n) is 2.35. The summed E-state index contributed by atoms with van der Waals surface area (Å²) < 4.78 is 0. The lowest BCUT2D eigenvalue weighted by Gasteiger charge is -2.07. The SMILES string of the molecule is O=C(O)CONC(=O)Nc1ccc2c(c1)C(=O)NC2=O. The molecular formula is C11H9N3O6. The van der Waals surface area contributed by atoms with Gasteiger partial charge in [0, 0.05) is 5.69 Å². The Morgan fingerprint density at radius 3 is 2.60 bits per heavy atom. The summed E-state index contributed by atoms with van der Waals surface area (Å²) in [6.07, 6.45) is 0. The number of hydrogen-bond donors (Lipinski definition) is 4. The first-order valence-electron chi connectivity index (χ1n) is 5.37. The van der Waals surface area contributed by atoms with Crippen molar-refractivity contribution in [2.24, 2.45) is 0 Å². The Hall–Kier alpha value is -2.94. The third-order valence-corrected chi connectivity index (χ3v) is 2.35. The minimum Gasteiger partial charge on any atom is -0.479 e. The first kappa shape index (κ1) is 13.5. The predicted octanol–water partition coefficient (Wildman–Crippen LogP) is -0.292. The van der Waals surface area contributed by atoms with E-state index in [2.05, 4.69) is 15.5 Å². The van der Waals surface area contributed by atoms with E-state index in [9.17, 15) is 19.2 Å². The van der Waals surface area contributed by atoms with Crippen LogP contribution in [0.1, 0.15) is 20.7 Å². The van der Waals surface area contributed by atoms with Gasteiger partial charge in [0.15, 0.2) is 6.61 Å². The molecule has 9 nitrogen and oxygen atoms in total. The average molecular weight is 279 g/mol. The van der Waals surface area contributed by atoms with E-state index in [4.69, 9.17) is 5.11 Å². The molecule has 1 aromatic rings. The Bertz CT molecular complexity index is 612. The second-order valence-electron chi connectivity index (χ2n) is 3.78. The molecule has 20 heavy (non-hydrogen) atoms. The fourth-order valence-corrected chi connectivity index (χ4v) is 1.57. The number of benzene rings is 1. The molecule has 104 valence electrons. The standard InChI is InChI=1S/C11H9N3O6/c15-8(16)4-20-14-11(19)12-5-1-2-6-7(3-5)10(18)13-9(6)17/h1-3H,4H2,(H,15,16)(H2,12,14,19)(H,13,17,18). The van der Waals surface area contributed by atoms with Crippen molar-refractivity contribution >= 4 is 29.5 Å². The molecule has 0 radical (unpaired) electrons. The van der Waals surface area contributed by atoms with E-state index in [-0.39, 0.29) is 16.8 Å². The lowest BCUT2D eigenvalue weighted by Crippen LogP contribution is -2.30. The molecule has 0 bridgehead atoms. The minimum absolute atomic E-state index is 0.152. The summed E-state index contributed by atoms with van der Waals surface area (Å²) in [7, 11) is 0. The summed E-state index contributed by atoms with van der Waals surface area (Å²) in [5.41, 5.74) is 2.48. The molecule has 1 aliphatic heterocycles. The molecule has 4 N–H and O–H groups in total. The van der Waals surface area contributed by atoms with Crippen LogP contribution in [0.25, 0.3) is 0 Å². The van der Waals surface area contributed by atoms with Crippen molar-refractivity contribution in [3.05, 3.63) is 29.3 Å². The Labute approximate surface area is 111 Å².